The van der Waals surface area contributed by atoms with Crippen molar-refractivity contribution in [2.75, 3.05) is 0 Å². The minimum absolute atomic E-state index is 0.383. The van der Waals surface area contributed by atoms with Crippen molar-refractivity contribution in [2.24, 2.45) is 0 Å². The van der Waals surface area contributed by atoms with E-state index in [2.05, 4.69) is 30.9 Å². The Morgan fingerprint density at radius 2 is 1.89 bits per heavy atom. The Bertz CT molecular complexity index is 721. The molecule has 0 aliphatic rings. The van der Waals surface area contributed by atoms with E-state index in [0.717, 1.165) is 15.8 Å². The Morgan fingerprint density at radius 3 is 2.61 bits per heavy atom. The summed E-state index contributed by atoms with van der Waals surface area (Å²) in [6, 6.07) is 7.90. The van der Waals surface area contributed by atoms with Gasteiger partial charge in [0.1, 0.15) is 17.7 Å². The van der Waals surface area contributed by atoms with Crippen LogP contribution in [0.3, 0.4) is 0 Å². The smallest absolute Gasteiger partial charge is 0.169 e. The average Bonchev–Trinajstić information content (AvgIpc) is 2.74. The summed E-state index contributed by atoms with van der Waals surface area (Å²) in [5.74, 6) is 0.631. The van der Waals surface area contributed by atoms with Gasteiger partial charge in [-0.25, -0.2) is 15.0 Å². The molecule has 0 saturated carbocycles. The van der Waals surface area contributed by atoms with Crippen molar-refractivity contribution < 1.29 is 0 Å². The maximum Gasteiger partial charge on any atom is 0.169 e. The number of rotatable bonds is 1. The summed E-state index contributed by atoms with van der Waals surface area (Å²) in [6.07, 6.45) is 1.70. The maximum atomic E-state index is 6.05. The SMILES string of the molecule is Cc1nc(Cl)c2ncn(-c3ccc(Br)cc3)c2n1. The molecule has 3 rings (SSSR count). The van der Waals surface area contributed by atoms with Gasteiger partial charge in [-0.3, -0.25) is 4.57 Å². The molecule has 0 spiro atoms. The summed E-state index contributed by atoms with van der Waals surface area (Å²) >= 11 is 9.46. The zero-order valence-electron chi connectivity index (χ0n) is 9.43. The van der Waals surface area contributed by atoms with Gasteiger partial charge in [-0.1, -0.05) is 27.5 Å². The highest BCUT2D eigenvalue weighted by atomic mass is 79.9. The Hall–Kier alpha value is -1.46. The number of aromatic nitrogens is 4. The molecule has 0 aliphatic carbocycles. The monoisotopic (exact) mass is 322 g/mol. The van der Waals surface area contributed by atoms with Gasteiger partial charge >= 0.3 is 0 Å². The minimum atomic E-state index is 0.383. The van der Waals surface area contributed by atoms with E-state index >= 15 is 0 Å². The Balaban J connectivity index is 2.27. The van der Waals surface area contributed by atoms with Crippen molar-refractivity contribution in [3.63, 3.8) is 0 Å². The molecule has 0 atom stereocenters. The third kappa shape index (κ3) is 1.89. The second-order valence-corrected chi connectivity index (χ2v) is 5.10. The number of aryl methyl sites for hydroxylation is 1. The topological polar surface area (TPSA) is 43.6 Å². The lowest BCUT2D eigenvalue weighted by Gasteiger charge is -2.04. The lowest BCUT2D eigenvalue weighted by atomic mass is 10.3. The maximum absolute atomic E-state index is 6.05. The summed E-state index contributed by atoms with van der Waals surface area (Å²) in [7, 11) is 0. The number of halogens is 2. The largest absolute Gasteiger partial charge is 0.283 e. The number of benzene rings is 1. The van der Waals surface area contributed by atoms with Crippen LogP contribution >= 0.6 is 27.5 Å². The molecule has 0 unspecified atom stereocenters. The highest BCUT2D eigenvalue weighted by Crippen LogP contribution is 2.22. The van der Waals surface area contributed by atoms with Gasteiger partial charge in [0.25, 0.3) is 0 Å². The van der Waals surface area contributed by atoms with Gasteiger partial charge < -0.3 is 0 Å². The number of hydrogen-bond acceptors (Lipinski definition) is 3. The molecular weight excluding hydrogens is 316 g/mol. The zero-order valence-corrected chi connectivity index (χ0v) is 11.8. The highest BCUT2D eigenvalue weighted by molar-refractivity contribution is 9.10. The molecule has 1 aromatic carbocycles. The van der Waals surface area contributed by atoms with E-state index in [1.165, 1.54) is 0 Å². The van der Waals surface area contributed by atoms with Crippen LogP contribution in [0.5, 0.6) is 0 Å². The van der Waals surface area contributed by atoms with Crippen LogP contribution in [-0.4, -0.2) is 19.5 Å². The summed E-state index contributed by atoms with van der Waals surface area (Å²) in [5.41, 5.74) is 2.31. The Morgan fingerprint density at radius 1 is 1.17 bits per heavy atom. The summed E-state index contributed by atoms with van der Waals surface area (Å²) in [6.45, 7) is 1.81. The van der Waals surface area contributed by atoms with Gasteiger partial charge in [-0.15, -0.1) is 0 Å². The first-order chi connectivity index (χ1) is 8.65. The van der Waals surface area contributed by atoms with Gasteiger partial charge in [0.05, 0.1) is 0 Å². The van der Waals surface area contributed by atoms with Crippen molar-refractivity contribution in [3.05, 3.63) is 46.0 Å². The molecule has 0 radical (unpaired) electrons. The first-order valence-corrected chi connectivity index (χ1v) is 6.45. The fourth-order valence-corrected chi connectivity index (χ4v) is 2.28. The molecule has 0 aliphatic heterocycles. The fraction of sp³-hybridized carbons (Fsp3) is 0.0833. The molecule has 0 fully saturated rings. The molecule has 6 heteroatoms. The number of nitrogens with zero attached hydrogens (tertiary/aromatic N) is 4. The second-order valence-electron chi connectivity index (χ2n) is 3.82. The zero-order chi connectivity index (χ0) is 12.7. The van der Waals surface area contributed by atoms with E-state index < -0.39 is 0 Å². The van der Waals surface area contributed by atoms with Crippen molar-refractivity contribution >= 4 is 38.7 Å². The van der Waals surface area contributed by atoms with Crippen molar-refractivity contribution in [2.45, 2.75) is 6.92 Å². The highest BCUT2D eigenvalue weighted by Gasteiger charge is 2.11. The van der Waals surface area contributed by atoms with Crippen LogP contribution in [0.4, 0.5) is 0 Å². The Labute approximate surface area is 117 Å². The molecule has 18 heavy (non-hydrogen) atoms. The molecular formula is C12H8BrClN4. The van der Waals surface area contributed by atoms with Gasteiger partial charge in [0.15, 0.2) is 10.8 Å². The molecule has 0 amide bonds. The van der Waals surface area contributed by atoms with E-state index in [1.807, 2.05) is 35.8 Å². The predicted molar refractivity (Wildman–Crippen MR) is 74.1 cm³/mol. The third-order valence-corrected chi connectivity index (χ3v) is 3.36. The van der Waals surface area contributed by atoms with Gasteiger partial charge in [-0.2, -0.15) is 0 Å². The van der Waals surface area contributed by atoms with E-state index in [9.17, 15) is 0 Å². The molecule has 0 saturated heterocycles. The van der Waals surface area contributed by atoms with Crippen molar-refractivity contribution in [3.8, 4) is 5.69 Å². The van der Waals surface area contributed by atoms with Crippen molar-refractivity contribution in [1.29, 1.82) is 0 Å². The first kappa shape index (κ1) is 11.6. The van der Waals surface area contributed by atoms with E-state index in [1.54, 1.807) is 6.33 Å². The molecule has 2 aromatic heterocycles. The lowest BCUT2D eigenvalue weighted by Crippen LogP contribution is -1.96. The van der Waals surface area contributed by atoms with Crippen molar-refractivity contribution in [1.82, 2.24) is 19.5 Å². The van der Waals surface area contributed by atoms with Crippen LogP contribution in [0.1, 0.15) is 5.82 Å². The van der Waals surface area contributed by atoms with E-state index in [-0.39, 0.29) is 0 Å². The van der Waals surface area contributed by atoms with E-state index in [4.69, 9.17) is 11.6 Å². The van der Waals surface area contributed by atoms with Gasteiger partial charge in [-0.05, 0) is 31.2 Å². The van der Waals surface area contributed by atoms with Gasteiger partial charge in [0.2, 0.25) is 0 Å². The normalized spacial score (nSPS) is 11.1. The lowest BCUT2D eigenvalue weighted by molar-refractivity contribution is 1.03. The van der Waals surface area contributed by atoms with Crippen LogP contribution in [0.25, 0.3) is 16.9 Å². The number of hydrogen-bond donors (Lipinski definition) is 0. The summed E-state index contributed by atoms with van der Waals surface area (Å²) in [5, 5.41) is 0.383. The molecule has 2 heterocycles. The quantitative estimate of drug-likeness (QED) is 0.643. The predicted octanol–water partition coefficient (Wildman–Crippen LogP) is 3.54. The number of fused-ring (bicyclic) bond motifs is 1. The third-order valence-electron chi connectivity index (χ3n) is 2.57. The second kappa shape index (κ2) is 4.33. The standard InChI is InChI=1S/C12H8BrClN4/c1-7-16-11(14)10-12(17-7)18(6-15-10)9-4-2-8(13)3-5-9/h2-6H,1H3. The molecule has 3 aromatic rings. The van der Waals surface area contributed by atoms with Crippen LogP contribution in [0, 0.1) is 6.92 Å². The summed E-state index contributed by atoms with van der Waals surface area (Å²) in [4.78, 5) is 12.7. The van der Waals surface area contributed by atoms with Crippen LogP contribution in [-0.2, 0) is 0 Å². The van der Waals surface area contributed by atoms with Crippen LogP contribution in [0.15, 0.2) is 35.1 Å². The average molecular weight is 324 g/mol. The summed E-state index contributed by atoms with van der Waals surface area (Å²) < 4.78 is 2.92. The van der Waals surface area contributed by atoms with Crippen LogP contribution < -0.4 is 0 Å². The molecule has 0 N–H and O–H groups in total. The fourth-order valence-electron chi connectivity index (χ4n) is 1.76. The van der Waals surface area contributed by atoms with Crippen LogP contribution in [0.2, 0.25) is 5.15 Å². The first-order valence-electron chi connectivity index (χ1n) is 5.28. The number of imidazole rings is 1. The molecule has 90 valence electrons. The minimum Gasteiger partial charge on any atom is -0.283 e. The Kier molecular flexibility index (Phi) is 2.80. The van der Waals surface area contributed by atoms with E-state index in [0.29, 0.717) is 16.5 Å². The van der Waals surface area contributed by atoms with Gasteiger partial charge in [0, 0.05) is 10.2 Å². The molecule has 4 nitrogen and oxygen atoms in total. The molecule has 0 bridgehead atoms.